The van der Waals surface area contributed by atoms with Crippen LogP contribution >= 0.6 is 15.9 Å². The highest BCUT2D eigenvalue weighted by Gasteiger charge is 2.30. The van der Waals surface area contributed by atoms with Gasteiger partial charge >= 0.3 is 6.18 Å². The molecule has 8 heteroatoms. The van der Waals surface area contributed by atoms with Crippen LogP contribution in [-0.2, 0) is 19.6 Å². The average molecular weight is 349 g/mol. The number of nitrogens with two attached hydrogens (primary N) is 1. The molecule has 0 aliphatic rings. The van der Waals surface area contributed by atoms with E-state index in [4.69, 9.17) is 5.73 Å². The summed E-state index contributed by atoms with van der Waals surface area (Å²) in [5, 5.41) is 7.60. The van der Waals surface area contributed by atoms with E-state index in [1.165, 1.54) is 10.7 Å². The summed E-state index contributed by atoms with van der Waals surface area (Å²) in [4.78, 5) is 0. The van der Waals surface area contributed by atoms with Crippen LogP contribution < -0.4 is 5.73 Å². The Bertz CT molecular complexity index is 589. The quantitative estimate of drug-likeness (QED) is 0.927. The summed E-state index contributed by atoms with van der Waals surface area (Å²) in [5.41, 5.74) is 6.50. The fourth-order valence-electron chi connectivity index (χ4n) is 1.96. The maximum atomic E-state index is 12.6. The molecule has 1 atom stereocenters. The lowest BCUT2D eigenvalue weighted by molar-refractivity contribution is -0.137. The number of halogens is 4. The molecule has 0 amide bonds. The summed E-state index contributed by atoms with van der Waals surface area (Å²) in [6.07, 6.45) is -4.08. The highest BCUT2D eigenvalue weighted by Crippen LogP contribution is 2.30. The van der Waals surface area contributed by atoms with Crippen molar-refractivity contribution < 1.29 is 13.2 Å². The minimum absolute atomic E-state index is 0.268. The van der Waals surface area contributed by atoms with Gasteiger partial charge in [0, 0.05) is 7.05 Å². The van der Waals surface area contributed by atoms with Crippen LogP contribution in [0.3, 0.4) is 0 Å². The van der Waals surface area contributed by atoms with Crippen LogP contribution in [0.25, 0.3) is 0 Å². The first-order valence-electron chi connectivity index (χ1n) is 5.76. The molecule has 1 aromatic carbocycles. The zero-order chi connectivity index (χ0) is 14.9. The molecule has 2 rings (SSSR count). The maximum absolute atomic E-state index is 12.6. The molecule has 0 aliphatic carbocycles. The molecule has 0 saturated heterocycles. The topological polar surface area (TPSA) is 56.7 Å². The van der Waals surface area contributed by atoms with Crippen LogP contribution in [0.2, 0.25) is 0 Å². The van der Waals surface area contributed by atoms with E-state index >= 15 is 0 Å². The summed E-state index contributed by atoms with van der Waals surface area (Å²) < 4.78 is 39.9. The van der Waals surface area contributed by atoms with Gasteiger partial charge in [-0.2, -0.15) is 13.2 Å². The van der Waals surface area contributed by atoms with Crippen molar-refractivity contribution in [1.29, 1.82) is 0 Å². The monoisotopic (exact) mass is 348 g/mol. The molecule has 0 aliphatic heterocycles. The summed E-state index contributed by atoms with van der Waals surface area (Å²) >= 11 is 3.22. The first kappa shape index (κ1) is 15.0. The van der Waals surface area contributed by atoms with Gasteiger partial charge in [-0.3, -0.25) is 0 Å². The Kier molecular flexibility index (Phi) is 4.14. The van der Waals surface area contributed by atoms with Crippen molar-refractivity contribution in [2.24, 2.45) is 12.8 Å². The summed E-state index contributed by atoms with van der Waals surface area (Å²) in [7, 11) is 1.68. The number of hydrogen-bond donors (Lipinski definition) is 1. The zero-order valence-electron chi connectivity index (χ0n) is 10.5. The Hall–Kier alpha value is -1.41. The molecule has 0 fully saturated rings. The SMILES string of the molecule is Cn1nnc(Br)c1C(N)Cc1cccc(C(F)(F)F)c1. The third kappa shape index (κ3) is 3.18. The number of aromatic nitrogens is 3. The standard InChI is InChI=1S/C12H12BrF3N4/c1-20-10(11(13)18-19-20)9(17)6-7-3-2-4-8(5-7)12(14,15)16/h2-5,9H,6,17H2,1H3. The summed E-state index contributed by atoms with van der Waals surface area (Å²) in [6, 6.07) is 4.65. The Morgan fingerprint density at radius 1 is 1.40 bits per heavy atom. The summed E-state index contributed by atoms with van der Waals surface area (Å²) in [5.74, 6) is 0. The minimum Gasteiger partial charge on any atom is -0.322 e. The van der Waals surface area contributed by atoms with Gasteiger partial charge < -0.3 is 5.73 Å². The van der Waals surface area contributed by atoms with E-state index in [1.54, 1.807) is 13.1 Å². The highest BCUT2D eigenvalue weighted by atomic mass is 79.9. The lowest BCUT2D eigenvalue weighted by atomic mass is 10.0. The van der Waals surface area contributed by atoms with Gasteiger partial charge in [-0.15, -0.1) is 5.10 Å². The van der Waals surface area contributed by atoms with Gasteiger partial charge in [0.15, 0.2) is 4.60 Å². The Morgan fingerprint density at radius 2 is 2.10 bits per heavy atom. The van der Waals surface area contributed by atoms with Gasteiger partial charge in [0.05, 0.1) is 17.3 Å². The van der Waals surface area contributed by atoms with Crippen LogP contribution in [-0.4, -0.2) is 15.0 Å². The van der Waals surface area contributed by atoms with E-state index < -0.39 is 17.8 Å². The van der Waals surface area contributed by atoms with Gasteiger partial charge in [0.1, 0.15) is 0 Å². The van der Waals surface area contributed by atoms with E-state index in [-0.39, 0.29) is 6.42 Å². The number of benzene rings is 1. The largest absolute Gasteiger partial charge is 0.416 e. The maximum Gasteiger partial charge on any atom is 0.416 e. The van der Waals surface area contributed by atoms with Gasteiger partial charge in [0.25, 0.3) is 0 Å². The second kappa shape index (κ2) is 5.53. The number of aryl methyl sites for hydroxylation is 1. The fourth-order valence-corrected chi connectivity index (χ4v) is 2.58. The lowest BCUT2D eigenvalue weighted by Crippen LogP contribution is -2.18. The van der Waals surface area contributed by atoms with Crippen molar-refractivity contribution in [2.75, 3.05) is 0 Å². The fraction of sp³-hybridized carbons (Fsp3) is 0.333. The lowest BCUT2D eigenvalue weighted by Gasteiger charge is -2.13. The second-order valence-corrected chi connectivity index (χ2v) is 5.15. The molecule has 20 heavy (non-hydrogen) atoms. The minimum atomic E-state index is -4.35. The van der Waals surface area contributed by atoms with E-state index in [2.05, 4.69) is 26.2 Å². The summed E-state index contributed by atoms with van der Waals surface area (Å²) in [6.45, 7) is 0. The second-order valence-electron chi connectivity index (χ2n) is 4.40. The molecule has 108 valence electrons. The Balaban J connectivity index is 2.22. The molecule has 2 N–H and O–H groups in total. The molecule has 4 nitrogen and oxygen atoms in total. The van der Waals surface area contributed by atoms with Crippen molar-refractivity contribution in [3.63, 3.8) is 0 Å². The molecule has 1 unspecified atom stereocenters. The third-order valence-corrected chi connectivity index (χ3v) is 3.45. The molecule has 0 saturated carbocycles. The van der Waals surface area contributed by atoms with E-state index in [0.29, 0.717) is 15.9 Å². The third-order valence-electron chi connectivity index (χ3n) is 2.89. The average Bonchev–Trinajstić information content (AvgIpc) is 2.68. The van der Waals surface area contributed by atoms with Gasteiger partial charge in [0.2, 0.25) is 0 Å². The molecular formula is C12H12BrF3N4. The molecule has 0 spiro atoms. The van der Waals surface area contributed by atoms with Gasteiger partial charge in [-0.1, -0.05) is 23.4 Å². The van der Waals surface area contributed by atoms with E-state index in [1.807, 2.05) is 0 Å². The number of hydrogen-bond acceptors (Lipinski definition) is 3. The van der Waals surface area contributed by atoms with Crippen molar-refractivity contribution in [3.8, 4) is 0 Å². The normalized spacial score (nSPS) is 13.5. The smallest absolute Gasteiger partial charge is 0.322 e. The number of nitrogens with zero attached hydrogens (tertiary/aromatic N) is 3. The van der Waals surface area contributed by atoms with Crippen LogP contribution in [0.15, 0.2) is 28.9 Å². The molecule has 0 bridgehead atoms. The molecule has 1 aromatic heterocycles. The van der Waals surface area contributed by atoms with Gasteiger partial charge in [-0.25, -0.2) is 4.68 Å². The number of rotatable bonds is 3. The Morgan fingerprint density at radius 3 is 2.65 bits per heavy atom. The van der Waals surface area contributed by atoms with E-state index in [9.17, 15) is 13.2 Å². The van der Waals surface area contributed by atoms with Crippen molar-refractivity contribution in [2.45, 2.75) is 18.6 Å². The number of alkyl halides is 3. The molecule has 0 radical (unpaired) electrons. The predicted octanol–water partition coefficient (Wildman–Crippen LogP) is 2.84. The van der Waals surface area contributed by atoms with E-state index in [0.717, 1.165) is 12.1 Å². The highest BCUT2D eigenvalue weighted by molar-refractivity contribution is 9.10. The van der Waals surface area contributed by atoms with Crippen molar-refractivity contribution in [3.05, 3.63) is 45.7 Å². The molecule has 1 heterocycles. The first-order valence-corrected chi connectivity index (χ1v) is 6.55. The molecule has 2 aromatic rings. The van der Waals surface area contributed by atoms with Crippen LogP contribution in [0.1, 0.15) is 22.9 Å². The van der Waals surface area contributed by atoms with Crippen LogP contribution in [0, 0.1) is 0 Å². The van der Waals surface area contributed by atoms with Crippen molar-refractivity contribution >= 4 is 15.9 Å². The Labute approximate surface area is 121 Å². The van der Waals surface area contributed by atoms with Crippen molar-refractivity contribution in [1.82, 2.24) is 15.0 Å². The predicted molar refractivity (Wildman–Crippen MR) is 70.8 cm³/mol. The molecular weight excluding hydrogens is 337 g/mol. The van der Waals surface area contributed by atoms with Crippen LogP contribution in [0.4, 0.5) is 13.2 Å². The van der Waals surface area contributed by atoms with Gasteiger partial charge in [-0.05, 0) is 34.0 Å². The first-order chi connectivity index (χ1) is 9.29. The zero-order valence-corrected chi connectivity index (χ0v) is 12.1. The van der Waals surface area contributed by atoms with Crippen LogP contribution in [0.5, 0.6) is 0 Å².